The van der Waals surface area contributed by atoms with Crippen molar-refractivity contribution in [2.45, 2.75) is 44.2 Å². The summed E-state index contributed by atoms with van der Waals surface area (Å²) in [5.41, 5.74) is 0. The normalized spacial score (nSPS) is 31.1. The number of halogens is 1. The van der Waals surface area contributed by atoms with Crippen LogP contribution >= 0.6 is 11.6 Å². The van der Waals surface area contributed by atoms with Crippen LogP contribution in [0.15, 0.2) is 0 Å². The standard InChI is InChI=1S/C11H18ClNO2/c12-6-5-11(14)13-7-8-15-10-4-2-1-3-9(10)13/h9-10H,1-8H2. The molecule has 1 aliphatic heterocycles. The Morgan fingerprint density at radius 2 is 2.20 bits per heavy atom. The second-order valence-electron chi connectivity index (χ2n) is 4.29. The Morgan fingerprint density at radius 1 is 1.40 bits per heavy atom. The van der Waals surface area contributed by atoms with Gasteiger partial charge in [0.05, 0.1) is 18.8 Å². The molecule has 0 spiro atoms. The van der Waals surface area contributed by atoms with E-state index in [1.54, 1.807) is 0 Å². The zero-order valence-corrected chi connectivity index (χ0v) is 9.71. The van der Waals surface area contributed by atoms with E-state index in [1.165, 1.54) is 12.8 Å². The smallest absolute Gasteiger partial charge is 0.224 e. The first-order valence-corrected chi connectivity index (χ1v) is 6.33. The minimum absolute atomic E-state index is 0.199. The molecule has 4 heteroatoms. The van der Waals surface area contributed by atoms with Crippen LogP contribution in [0.3, 0.4) is 0 Å². The Hall–Kier alpha value is -0.280. The van der Waals surface area contributed by atoms with Crippen molar-refractivity contribution in [3.05, 3.63) is 0 Å². The van der Waals surface area contributed by atoms with Crippen LogP contribution in [0.2, 0.25) is 0 Å². The summed E-state index contributed by atoms with van der Waals surface area (Å²) in [6.45, 7) is 1.44. The molecule has 0 aromatic rings. The molecule has 1 aliphatic carbocycles. The quantitative estimate of drug-likeness (QED) is 0.679. The van der Waals surface area contributed by atoms with Gasteiger partial charge < -0.3 is 9.64 Å². The highest BCUT2D eigenvalue weighted by molar-refractivity contribution is 6.18. The lowest BCUT2D eigenvalue weighted by Crippen LogP contribution is -2.54. The van der Waals surface area contributed by atoms with Crippen LogP contribution in [-0.2, 0) is 9.53 Å². The van der Waals surface area contributed by atoms with Gasteiger partial charge in [0.1, 0.15) is 0 Å². The lowest BCUT2D eigenvalue weighted by atomic mass is 9.90. The molecular formula is C11H18ClNO2. The molecule has 1 saturated carbocycles. The van der Waals surface area contributed by atoms with E-state index in [0.29, 0.717) is 24.9 Å². The molecule has 1 amide bonds. The van der Waals surface area contributed by atoms with Gasteiger partial charge in [-0.25, -0.2) is 0 Å². The number of rotatable bonds is 2. The molecule has 2 aliphatic rings. The first-order valence-electron chi connectivity index (χ1n) is 5.80. The summed E-state index contributed by atoms with van der Waals surface area (Å²) in [7, 11) is 0. The van der Waals surface area contributed by atoms with Crippen molar-refractivity contribution in [2.75, 3.05) is 19.0 Å². The van der Waals surface area contributed by atoms with Gasteiger partial charge in [0.2, 0.25) is 5.91 Å². The monoisotopic (exact) mass is 231 g/mol. The molecule has 0 bridgehead atoms. The highest BCUT2D eigenvalue weighted by Gasteiger charge is 2.36. The van der Waals surface area contributed by atoms with Gasteiger partial charge in [0, 0.05) is 18.8 Å². The largest absolute Gasteiger partial charge is 0.374 e. The first-order chi connectivity index (χ1) is 7.33. The zero-order chi connectivity index (χ0) is 10.7. The van der Waals surface area contributed by atoms with Crippen molar-refractivity contribution < 1.29 is 9.53 Å². The lowest BCUT2D eigenvalue weighted by Gasteiger charge is -2.43. The SMILES string of the molecule is O=C(CCCl)N1CCOC2CCCCC21. The maximum atomic E-state index is 11.8. The Labute approximate surface area is 95.7 Å². The van der Waals surface area contributed by atoms with Gasteiger partial charge in [-0.05, 0) is 12.8 Å². The van der Waals surface area contributed by atoms with E-state index < -0.39 is 0 Å². The molecule has 0 aromatic heterocycles. The van der Waals surface area contributed by atoms with E-state index in [0.717, 1.165) is 19.4 Å². The predicted octanol–water partition coefficient (Wildman–Crippen LogP) is 1.79. The van der Waals surface area contributed by atoms with Crippen LogP contribution in [0, 0.1) is 0 Å². The van der Waals surface area contributed by atoms with Crippen molar-refractivity contribution >= 4 is 17.5 Å². The molecule has 0 aromatic carbocycles. The number of alkyl halides is 1. The number of hydrogen-bond acceptors (Lipinski definition) is 2. The van der Waals surface area contributed by atoms with Gasteiger partial charge in [-0.15, -0.1) is 11.6 Å². The number of morpholine rings is 1. The minimum Gasteiger partial charge on any atom is -0.374 e. The van der Waals surface area contributed by atoms with Crippen LogP contribution < -0.4 is 0 Å². The van der Waals surface area contributed by atoms with Crippen LogP contribution in [0.1, 0.15) is 32.1 Å². The van der Waals surface area contributed by atoms with Crippen molar-refractivity contribution in [3.63, 3.8) is 0 Å². The van der Waals surface area contributed by atoms with E-state index in [4.69, 9.17) is 16.3 Å². The van der Waals surface area contributed by atoms with Crippen LogP contribution in [-0.4, -0.2) is 42.0 Å². The van der Waals surface area contributed by atoms with Crippen molar-refractivity contribution in [2.24, 2.45) is 0 Å². The summed E-state index contributed by atoms with van der Waals surface area (Å²) in [6.07, 6.45) is 5.40. The lowest BCUT2D eigenvalue weighted by molar-refractivity contribution is -0.149. The van der Waals surface area contributed by atoms with E-state index in [9.17, 15) is 4.79 Å². The van der Waals surface area contributed by atoms with Gasteiger partial charge in [0.15, 0.2) is 0 Å². The second-order valence-corrected chi connectivity index (χ2v) is 4.67. The zero-order valence-electron chi connectivity index (χ0n) is 8.95. The summed E-state index contributed by atoms with van der Waals surface area (Å²) in [4.78, 5) is 13.8. The Balaban J connectivity index is 2.00. The highest BCUT2D eigenvalue weighted by Crippen LogP contribution is 2.28. The summed E-state index contributed by atoms with van der Waals surface area (Å²) in [5, 5.41) is 0. The average Bonchev–Trinajstić information content (AvgIpc) is 2.28. The summed E-state index contributed by atoms with van der Waals surface area (Å²) in [6, 6.07) is 0.322. The van der Waals surface area contributed by atoms with E-state index in [2.05, 4.69) is 0 Å². The van der Waals surface area contributed by atoms with Crippen LogP contribution in [0.5, 0.6) is 0 Å². The fourth-order valence-electron chi connectivity index (χ4n) is 2.63. The molecule has 3 nitrogen and oxygen atoms in total. The Kier molecular flexibility index (Phi) is 3.87. The maximum absolute atomic E-state index is 11.8. The molecule has 0 radical (unpaired) electrons. The number of ether oxygens (including phenoxy) is 1. The minimum atomic E-state index is 0.199. The number of amides is 1. The predicted molar refractivity (Wildman–Crippen MR) is 59.0 cm³/mol. The summed E-state index contributed by atoms with van der Waals surface area (Å²) >= 11 is 5.61. The molecular weight excluding hydrogens is 214 g/mol. The van der Waals surface area contributed by atoms with Gasteiger partial charge in [-0.2, -0.15) is 0 Å². The Bertz CT molecular complexity index is 233. The number of carbonyl (C=O) groups excluding carboxylic acids is 1. The Morgan fingerprint density at radius 3 is 3.00 bits per heavy atom. The fourth-order valence-corrected chi connectivity index (χ4v) is 2.79. The molecule has 1 heterocycles. The van der Waals surface area contributed by atoms with Gasteiger partial charge in [-0.1, -0.05) is 12.8 Å². The number of hydrogen-bond donors (Lipinski definition) is 0. The van der Waals surface area contributed by atoms with Gasteiger partial charge in [0.25, 0.3) is 0 Å². The van der Waals surface area contributed by atoms with Gasteiger partial charge in [-0.3, -0.25) is 4.79 Å². The third-order valence-electron chi connectivity index (χ3n) is 3.36. The van der Waals surface area contributed by atoms with Crippen LogP contribution in [0.4, 0.5) is 0 Å². The van der Waals surface area contributed by atoms with E-state index >= 15 is 0 Å². The molecule has 2 atom stereocenters. The fraction of sp³-hybridized carbons (Fsp3) is 0.909. The molecule has 2 fully saturated rings. The van der Waals surface area contributed by atoms with Gasteiger partial charge >= 0.3 is 0 Å². The van der Waals surface area contributed by atoms with E-state index in [1.807, 2.05) is 4.90 Å². The molecule has 2 rings (SSSR count). The average molecular weight is 232 g/mol. The number of nitrogens with zero attached hydrogens (tertiary/aromatic N) is 1. The first kappa shape index (κ1) is 11.2. The third-order valence-corrected chi connectivity index (χ3v) is 3.55. The molecule has 15 heavy (non-hydrogen) atoms. The second kappa shape index (κ2) is 5.17. The highest BCUT2D eigenvalue weighted by atomic mass is 35.5. The number of carbonyl (C=O) groups is 1. The number of fused-ring (bicyclic) bond motifs is 1. The molecule has 86 valence electrons. The van der Waals surface area contributed by atoms with Crippen molar-refractivity contribution in [1.29, 1.82) is 0 Å². The maximum Gasteiger partial charge on any atom is 0.224 e. The van der Waals surface area contributed by atoms with E-state index in [-0.39, 0.29) is 12.0 Å². The molecule has 0 N–H and O–H groups in total. The molecule has 1 saturated heterocycles. The van der Waals surface area contributed by atoms with Crippen molar-refractivity contribution in [1.82, 2.24) is 4.90 Å². The third kappa shape index (κ3) is 2.45. The molecule has 2 unspecified atom stereocenters. The topological polar surface area (TPSA) is 29.5 Å². The summed E-state index contributed by atoms with van der Waals surface area (Å²) in [5.74, 6) is 0.623. The van der Waals surface area contributed by atoms with Crippen LogP contribution in [0.25, 0.3) is 0 Å². The summed E-state index contributed by atoms with van der Waals surface area (Å²) < 4.78 is 5.71. The van der Waals surface area contributed by atoms with Crippen molar-refractivity contribution in [3.8, 4) is 0 Å².